The fourth-order valence-electron chi connectivity index (χ4n) is 2.30. The number of methoxy groups -OCH3 is 1. The van der Waals surface area contributed by atoms with Gasteiger partial charge in [0.15, 0.2) is 0 Å². The smallest absolute Gasteiger partial charge is 0.0713 e. The predicted octanol–water partition coefficient (Wildman–Crippen LogP) is 2.51. The third-order valence-corrected chi connectivity index (χ3v) is 3.45. The molecule has 0 fully saturated rings. The Morgan fingerprint density at radius 3 is 2.16 bits per heavy atom. The Balaban J connectivity index is 2.39. The lowest BCUT2D eigenvalue weighted by atomic mass is 10.0. The fraction of sp³-hybridized carbons (Fsp3) is 0.625. The molecule has 0 aliphatic heterocycles. The Kier molecular flexibility index (Phi) is 7.06. The van der Waals surface area contributed by atoms with E-state index < -0.39 is 0 Å². The highest BCUT2D eigenvalue weighted by molar-refractivity contribution is 5.21. The number of nitrogens with zero attached hydrogens (tertiary/aromatic N) is 1. The lowest BCUT2D eigenvalue weighted by Crippen LogP contribution is -2.41. The lowest BCUT2D eigenvalue weighted by molar-refractivity contribution is 0.185. The maximum Gasteiger partial charge on any atom is 0.0713 e. The molecule has 0 aliphatic rings. The lowest BCUT2D eigenvalue weighted by Gasteiger charge is -2.28. The van der Waals surface area contributed by atoms with Crippen molar-refractivity contribution in [2.24, 2.45) is 5.92 Å². The van der Waals surface area contributed by atoms with Crippen molar-refractivity contribution in [1.82, 2.24) is 10.2 Å². The van der Waals surface area contributed by atoms with E-state index in [0.29, 0.717) is 18.6 Å². The number of likely N-dealkylation sites (N-methyl/N-ethyl adjacent to an activating group) is 1. The van der Waals surface area contributed by atoms with Gasteiger partial charge in [0.2, 0.25) is 0 Å². The number of nitrogens with one attached hydrogen (secondary N) is 1. The van der Waals surface area contributed by atoms with Crippen LogP contribution in [0.3, 0.4) is 0 Å². The van der Waals surface area contributed by atoms with E-state index in [9.17, 15) is 0 Å². The standard InChI is InChI=1S/C16H28N2O/c1-13(2)16(18(3)4)11-17-10-14-6-8-15(9-7-14)12-19-5/h6-9,13,16-17H,10-12H2,1-5H3. The molecule has 3 heteroatoms. The Hall–Kier alpha value is -0.900. The van der Waals surface area contributed by atoms with E-state index in [0.717, 1.165) is 13.1 Å². The molecule has 3 nitrogen and oxygen atoms in total. The maximum absolute atomic E-state index is 5.11. The molecule has 1 aromatic rings. The van der Waals surface area contributed by atoms with Crippen molar-refractivity contribution in [3.63, 3.8) is 0 Å². The van der Waals surface area contributed by atoms with Gasteiger partial charge in [-0.25, -0.2) is 0 Å². The summed E-state index contributed by atoms with van der Waals surface area (Å²) < 4.78 is 5.11. The van der Waals surface area contributed by atoms with Gasteiger partial charge in [-0.2, -0.15) is 0 Å². The van der Waals surface area contributed by atoms with Gasteiger partial charge in [-0.1, -0.05) is 38.1 Å². The van der Waals surface area contributed by atoms with Crippen LogP contribution in [0.4, 0.5) is 0 Å². The summed E-state index contributed by atoms with van der Waals surface area (Å²) in [5.41, 5.74) is 2.54. The Morgan fingerprint density at radius 1 is 1.11 bits per heavy atom. The molecule has 0 heterocycles. The second-order valence-electron chi connectivity index (χ2n) is 5.66. The molecule has 0 amide bonds. The molecule has 0 saturated heterocycles. The van der Waals surface area contributed by atoms with Crippen LogP contribution in [0.25, 0.3) is 0 Å². The van der Waals surface area contributed by atoms with Crippen molar-refractivity contribution >= 4 is 0 Å². The van der Waals surface area contributed by atoms with Crippen molar-refractivity contribution in [1.29, 1.82) is 0 Å². The van der Waals surface area contributed by atoms with Gasteiger partial charge in [-0.15, -0.1) is 0 Å². The van der Waals surface area contributed by atoms with E-state index in [-0.39, 0.29) is 0 Å². The minimum absolute atomic E-state index is 0.577. The summed E-state index contributed by atoms with van der Waals surface area (Å²) in [4.78, 5) is 2.29. The summed E-state index contributed by atoms with van der Waals surface area (Å²) in [6.07, 6.45) is 0. The molecule has 19 heavy (non-hydrogen) atoms. The highest BCUT2D eigenvalue weighted by atomic mass is 16.5. The summed E-state index contributed by atoms with van der Waals surface area (Å²) in [7, 11) is 6.01. The monoisotopic (exact) mass is 264 g/mol. The van der Waals surface area contributed by atoms with Gasteiger partial charge in [0.05, 0.1) is 6.61 Å². The van der Waals surface area contributed by atoms with Crippen LogP contribution in [0.2, 0.25) is 0 Å². The number of hydrogen-bond acceptors (Lipinski definition) is 3. The predicted molar refractivity (Wildman–Crippen MR) is 81.2 cm³/mol. The van der Waals surface area contributed by atoms with Crippen LogP contribution in [0.1, 0.15) is 25.0 Å². The van der Waals surface area contributed by atoms with Crippen molar-refractivity contribution in [3.05, 3.63) is 35.4 Å². The van der Waals surface area contributed by atoms with Crippen molar-refractivity contribution < 1.29 is 4.74 Å². The second-order valence-corrected chi connectivity index (χ2v) is 5.66. The molecule has 1 rings (SSSR count). The molecule has 0 aliphatic carbocycles. The third-order valence-electron chi connectivity index (χ3n) is 3.45. The van der Waals surface area contributed by atoms with Crippen LogP contribution < -0.4 is 5.32 Å². The van der Waals surface area contributed by atoms with Crippen molar-refractivity contribution in [3.8, 4) is 0 Å². The zero-order valence-corrected chi connectivity index (χ0v) is 12.9. The minimum Gasteiger partial charge on any atom is -0.380 e. The minimum atomic E-state index is 0.577. The molecule has 108 valence electrons. The molecule has 0 spiro atoms. The Morgan fingerprint density at radius 2 is 1.68 bits per heavy atom. The average molecular weight is 264 g/mol. The van der Waals surface area contributed by atoms with E-state index >= 15 is 0 Å². The van der Waals surface area contributed by atoms with Gasteiger partial charge in [-0.05, 0) is 31.1 Å². The van der Waals surface area contributed by atoms with Crippen LogP contribution >= 0.6 is 0 Å². The number of ether oxygens (including phenoxy) is 1. The summed E-state index contributed by atoms with van der Waals surface area (Å²) in [5, 5.41) is 3.54. The quantitative estimate of drug-likeness (QED) is 0.781. The van der Waals surface area contributed by atoms with Crippen molar-refractivity contribution in [2.75, 3.05) is 27.7 Å². The fourth-order valence-corrected chi connectivity index (χ4v) is 2.30. The Bertz CT molecular complexity index is 338. The first-order chi connectivity index (χ1) is 9.04. The normalized spacial score (nSPS) is 13.2. The molecule has 1 aromatic carbocycles. The highest BCUT2D eigenvalue weighted by Crippen LogP contribution is 2.08. The van der Waals surface area contributed by atoms with Gasteiger partial charge in [0, 0.05) is 26.2 Å². The van der Waals surface area contributed by atoms with Gasteiger partial charge in [0.1, 0.15) is 0 Å². The summed E-state index contributed by atoms with van der Waals surface area (Å²) >= 11 is 0. The van der Waals surface area contributed by atoms with Crippen LogP contribution in [-0.4, -0.2) is 38.7 Å². The molecule has 1 unspecified atom stereocenters. The van der Waals surface area contributed by atoms with Gasteiger partial charge in [-0.3, -0.25) is 0 Å². The molecule has 1 atom stereocenters. The first kappa shape index (κ1) is 16.2. The van der Waals surface area contributed by atoms with E-state index in [1.807, 2.05) is 0 Å². The summed E-state index contributed by atoms with van der Waals surface area (Å²) in [6, 6.07) is 9.18. The average Bonchev–Trinajstić information content (AvgIpc) is 2.36. The van der Waals surface area contributed by atoms with Crippen molar-refractivity contribution in [2.45, 2.75) is 33.0 Å². The maximum atomic E-state index is 5.11. The van der Waals surface area contributed by atoms with Gasteiger partial charge in [0.25, 0.3) is 0 Å². The zero-order chi connectivity index (χ0) is 14.3. The Labute approximate surface area is 118 Å². The first-order valence-electron chi connectivity index (χ1n) is 6.98. The number of benzene rings is 1. The van der Waals surface area contributed by atoms with Crippen LogP contribution in [0.5, 0.6) is 0 Å². The first-order valence-corrected chi connectivity index (χ1v) is 6.98. The highest BCUT2D eigenvalue weighted by Gasteiger charge is 2.14. The molecule has 0 radical (unpaired) electrons. The molecular weight excluding hydrogens is 236 g/mol. The van der Waals surface area contributed by atoms with Crippen LogP contribution in [0, 0.1) is 5.92 Å². The van der Waals surface area contributed by atoms with E-state index in [1.165, 1.54) is 11.1 Å². The molecular formula is C16H28N2O. The molecule has 1 N–H and O–H groups in total. The molecule has 0 bridgehead atoms. The van der Waals surface area contributed by atoms with E-state index in [4.69, 9.17) is 4.74 Å². The summed E-state index contributed by atoms with van der Waals surface area (Å²) in [5.74, 6) is 0.659. The third kappa shape index (κ3) is 5.72. The largest absolute Gasteiger partial charge is 0.380 e. The zero-order valence-electron chi connectivity index (χ0n) is 12.9. The SMILES string of the molecule is COCc1ccc(CNCC(C(C)C)N(C)C)cc1. The molecule has 0 aromatic heterocycles. The van der Waals surface area contributed by atoms with E-state index in [2.05, 4.69) is 62.4 Å². The second kappa shape index (κ2) is 8.31. The van der Waals surface area contributed by atoms with Crippen LogP contribution in [-0.2, 0) is 17.9 Å². The van der Waals surface area contributed by atoms with Gasteiger partial charge >= 0.3 is 0 Å². The number of rotatable bonds is 8. The molecule has 0 saturated carbocycles. The topological polar surface area (TPSA) is 24.5 Å². The number of hydrogen-bond donors (Lipinski definition) is 1. The van der Waals surface area contributed by atoms with Gasteiger partial charge < -0.3 is 15.0 Å². The van der Waals surface area contributed by atoms with Crippen LogP contribution in [0.15, 0.2) is 24.3 Å². The summed E-state index contributed by atoms with van der Waals surface area (Å²) in [6.45, 7) is 7.16. The van der Waals surface area contributed by atoms with E-state index in [1.54, 1.807) is 7.11 Å².